The number of hydrogen-bond acceptors (Lipinski definition) is 5. The van der Waals surface area contributed by atoms with Gasteiger partial charge in [0, 0.05) is 6.07 Å². The first kappa shape index (κ1) is 7.66. The molecule has 0 fully saturated rings. The molecule has 0 atom stereocenters. The Labute approximate surface area is 74.2 Å². The molecule has 0 aliphatic heterocycles. The van der Waals surface area contributed by atoms with Gasteiger partial charge < -0.3 is 4.74 Å². The van der Waals surface area contributed by atoms with Crippen molar-refractivity contribution in [1.82, 2.24) is 25.2 Å². The molecule has 0 saturated carbocycles. The molecule has 0 amide bonds. The van der Waals surface area contributed by atoms with E-state index < -0.39 is 0 Å². The average molecular weight is 177 g/mol. The van der Waals surface area contributed by atoms with E-state index in [1.165, 1.54) is 11.9 Å². The summed E-state index contributed by atoms with van der Waals surface area (Å²) in [5, 5.41) is 15.4. The third kappa shape index (κ3) is 1.46. The second kappa shape index (κ2) is 3.18. The van der Waals surface area contributed by atoms with Crippen LogP contribution >= 0.6 is 0 Å². The van der Waals surface area contributed by atoms with Crippen LogP contribution in [0.15, 0.2) is 24.7 Å². The fourth-order valence-electron chi connectivity index (χ4n) is 0.896. The third-order valence-corrected chi connectivity index (χ3v) is 1.48. The predicted octanol–water partition coefficient (Wildman–Crippen LogP) is 0.0659. The standard InChI is InChI=1S/C7H7N5O/c1-13-7-4-6(5-8-11-7)12-9-2-3-10-12/h2-5H,1H3. The van der Waals surface area contributed by atoms with Crippen molar-refractivity contribution >= 4 is 0 Å². The van der Waals surface area contributed by atoms with Gasteiger partial charge in [-0.05, 0) is 0 Å². The van der Waals surface area contributed by atoms with E-state index in [4.69, 9.17) is 4.74 Å². The summed E-state index contributed by atoms with van der Waals surface area (Å²) in [5.41, 5.74) is 0.719. The zero-order chi connectivity index (χ0) is 9.10. The van der Waals surface area contributed by atoms with Gasteiger partial charge in [0.15, 0.2) is 0 Å². The molecule has 0 unspecified atom stereocenters. The van der Waals surface area contributed by atoms with Crippen LogP contribution in [-0.2, 0) is 0 Å². The second-order valence-corrected chi connectivity index (χ2v) is 2.27. The number of methoxy groups -OCH3 is 1. The summed E-state index contributed by atoms with van der Waals surface area (Å²) in [6.07, 6.45) is 4.74. The molecule has 0 aliphatic carbocycles. The third-order valence-electron chi connectivity index (χ3n) is 1.48. The molecule has 0 spiro atoms. The molecule has 2 aromatic rings. The van der Waals surface area contributed by atoms with Gasteiger partial charge in [-0.2, -0.15) is 15.3 Å². The molecule has 0 N–H and O–H groups in total. The van der Waals surface area contributed by atoms with Crippen molar-refractivity contribution in [1.29, 1.82) is 0 Å². The molecule has 0 bridgehead atoms. The van der Waals surface area contributed by atoms with E-state index in [1.807, 2.05) is 0 Å². The lowest BCUT2D eigenvalue weighted by Crippen LogP contribution is -2.00. The topological polar surface area (TPSA) is 65.7 Å². The van der Waals surface area contributed by atoms with Crippen LogP contribution in [0.1, 0.15) is 0 Å². The Morgan fingerprint density at radius 3 is 2.77 bits per heavy atom. The SMILES string of the molecule is COc1cc(-n2nccn2)cnn1. The van der Waals surface area contributed by atoms with Crippen molar-refractivity contribution in [2.45, 2.75) is 0 Å². The average Bonchev–Trinajstić information content (AvgIpc) is 2.71. The Morgan fingerprint density at radius 2 is 2.08 bits per heavy atom. The van der Waals surface area contributed by atoms with E-state index in [1.54, 1.807) is 24.7 Å². The van der Waals surface area contributed by atoms with Crippen molar-refractivity contribution < 1.29 is 4.74 Å². The Balaban J connectivity index is 2.41. The quantitative estimate of drug-likeness (QED) is 0.649. The van der Waals surface area contributed by atoms with Crippen molar-refractivity contribution in [2.24, 2.45) is 0 Å². The van der Waals surface area contributed by atoms with Crippen molar-refractivity contribution in [3.8, 4) is 11.6 Å². The van der Waals surface area contributed by atoms with Crippen LogP contribution < -0.4 is 4.74 Å². The summed E-state index contributed by atoms with van der Waals surface area (Å²) < 4.78 is 4.91. The largest absolute Gasteiger partial charge is 0.480 e. The number of hydrogen-bond donors (Lipinski definition) is 0. The van der Waals surface area contributed by atoms with Crippen LogP contribution in [0.5, 0.6) is 5.88 Å². The van der Waals surface area contributed by atoms with E-state index >= 15 is 0 Å². The van der Waals surface area contributed by atoms with Crippen LogP contribution in [0.25, 0.3) is 5.69 Å². The highest BCUT2D eigenvalue weighted by atomic mass is 16.5. The molecule has 0 aliphatic rings. The highest BCUT2D eigenvalue weighted by Gasteiger charge is 2.00. The number of nitrogens with zero attached hydrogens (tertiary/aromatic N) is 5. The van der Waals surface area contributed by atoms with Gasteiger partial charge in [-0.15, -0.1) is 9.90 Å². The summed E-state index contributed by atoms with van der Waals surface area (Å²) in [7, 11) is 1.53. The van der Waals surface area contributed by atoms with E-state index in [-0.39, 0.29) is 0 Å². The monoisotopic (exact) mass is 177 g/mol. The lowest BCUT2D eigenvalue weighted by atomic mass is 10.5. The van der Waals surface area contributed by atoms with Crippen LogP contribution in [0.3, 0.4) is 0 Å². The number of ether oxygens (including phenoxy) is 1. The maximum absolute atomic E-state index is 4.91. The first-order valence-corrected chi connectivity index (χ1v) is 3.63. The molecular formula is C7H7N5O. The van der Waals surface area contributed by atoms with Gasteiger partial charge >= 0.3 is 0 Å². The van der Waals surface area contributed by atoms with Crippen molar-refractivity contribution in [2.75, 3.05) is 7.11 Å². The highest BCUT2D eigenvalue weighted by Crippen LogP contribution is 2.08. The van der Waals surface area contributed by atoms with Gasteiger partial charge in [0.2, 0.25) is 5.88 Å². The van der Waals surface area contributed by atoms with Gasteiger partial charge in [-0.3, -0.25) is 0 Å². The van der Waals surface area contributed by atoms with Crippen LogP contribution in [0, 0.1) is 0 Å². The summed E-state index contributed by atoms with van der Waals surface area (Å²) >= 11 is 0. The van der Waals surface area contributed by atoms with Crippen molar-refractivity contribution in [3.63, 3.8) is 0 Å². The maximum Gasteiger partial charge on any atom is 0.235 e. The van der Waals surface area contributed by atoms with Gasteiger partial charge in [0.25, 0.3) is 0 Å². The predicted molar refractivity (Wildman–Crippen MR) is 43.5 cm³/mol. The maximum atomic E-state index is 4.91. The molecule has 2 rings (SSSR count). The van der Waals surface area contributed by atoms with E-state index in [0.29, 0.717) is 5.88 Å². The van der Waals surface area contributed by atoms with Crippen LogP contribution in [-0.4, -0.2) is 32.3 Å². The lowest BCUT2D eigenvalue weighted by Gasteiger charge is -1.99. The van der Waals surface area contributed by atoms with E-state index in [9.17, 15) is 0 Å². The zero-order valence-electron chi connectivity index (χ0n) is 6.95. The fourth-order valence-corrected chi connectivity index (χ4v) is 0.896. The van der Waals surface area contributed by atoms with Crippen molar-refractivity contribution in [3.05, 3.63) is 24.7 Å². The van der Waals surface area contributed by atoms with Gasteiger partial charge in [-0.25, -0.2) is 0 Å². The Bertz CT molecular complexity index is 386. The summed E-state index contributed by atoms with van der Waals surface area (Å²) in [5.74, 6) is 0.440. The summed E-state index contributed by atoms with van der Waals surface area (Å²) in [6.45, 7) is 0. The van der Waals surface area contributed by atoms with Gasteiger partial charge in [0.05, 0.1) is 25.7 Å². The van der Waals surface area contributed by atoms with E-state index in [0.717, 1.165) is 5.69 Å². The first-order chi connectivity index (χ1) is 6.40. The lowest BCUT2D eigenvalue weighted by molar-refractivity contribution is 0.391. The van der Waals surface area contributed by atoms with Gasteiger partial charge in [-0.1, -0.05) is 0 Å². The Morgan fingerprint density at radius 1 is 1.31 bits per heavy atom. The van der Waals surface area contributed by atoms with Gasteiger partial charge in [0.1, 0.15) is 5.69 Å². The normalized spacial score (nSPS) is 9.92. The summed E-state index contributed by atoms with van der Waals surface area (Å²) in [4.78, 5) is 1.44. The molecule has 66 valence electrons. The molecule has 2 heterocycles. The van der Waals surface area contributed by atoms with E-state index in [2.05, 4.69) is 20.4 Å². The van der Waals surface area contributed by atoms with Crippen LogP contribution in [0.4, 0.5) is 0 Å². The highest BCUT2D eigenvalue weighted by molar-refractivity contribution is 5.28. The number of aromatic nitrogens is 5. The molecule has 13 heavy (non-hydrogen) atoms. The second-order valence-electron chi connectivity index (χ2n) is 2.27. The number of rotatable bonds is 2. The Hall–Kier alpha value is -1.98. The minimum absolute atomic E-state index is 0.440. The summed E-state index contributed by atoms with van der Waals surface area (Å²) in [6, 6.07) is 1.70. The minimum atomic E-state index is 0.440. The van der Waals surface area contributed by atoms with Crippen LogP contribution in [0.2, 0.25) is 0 Å². The smallest absolute Gasteiger partial charge is 0.235 e. The molecule has 6 heteroatoms. The molecule has 0 radical (unpaired) electrons. The molecular weight excluding hydrogens is 170 g/mol. The molecule has 6 nitrogen and oxygen atoms in total. The Kier molecular flexibility index (Phi) is 1.87. The first-order valence-electron chi connectivity index (χ1n) is 3.63. The molecule has 0 saturated heterocycles. The minimum Gasteiger partial charge on any atom is -0.480 e. The fraction of sp³-hybridized carbons (Fsp3) is 0.143. The molecule has 0 aromatic carbocycles. The zero-order valence-corrected chi connectivity index (χ0v) is 6.95. The molecule has 2 aromatic heterocycles.